The fraction of sp³-hybridized carbons (Fsp3) is 0.421. The van der Waals surface area contributed by atoms with Crippen LogP contribution in [0, 0.1) is 6.92 Å². The van der Waals surface area contributed by atoms with Crippen LogP contribution in [0.4, 0.5) is 5.69 Å². The van der Waals surface area contributed by atoms with Gasteiger partial charge in [-0.25, -0.2) is 8.42 Å². The Kier molecular flexibility index (Phi) is 4.92. The first-order valence-corrected chi connectivity index (χ1v) is 11.0. The van der Waals surface area contributed by atoms with Crippen molar-refractivity contribution in [2.45, 2.75) is 57.0 Å². The average molecular weight is 401 g/mol. The second-order valence-electron chi connectivity index (χ2n) is 7.20. The molecule has 0 radical (unpaired) electrons. The fourth-order valence-corrected chi connectivity index (χ4v) is 4.92. The van der Waals surface area contributed by atoms with Gasteiger partial charge in [0.1, 0.15) is 17.0 Å². The van der Waals surface area contributed by atoms with E-state index in [-0.39, 0.29) is 4.90 Å². The SMILES string of the molecule is CCCn1cc(S(=O)(=O)Nc2ccc([C@@H]3CCc4nncn4C3)cc2)c(C)n1. The molecule has 0 unspecified atom stereocenters. The first-order valence-electron chi connectivity index (χ1n) is 9.50. The van der Waals surface area contributed by atoms with E-state index in [2.05, 4.69) is 24.6 Å². The molecule has 4 rings (SSSR count). The third kappa shape index (κ3) is 3.66. The zero-order valence-corrected chi connectivity index (χ0v) is 16.9. The second kappa shape index (κ2) is 7.38. The third-order valence-electron chi connectivity index (χ3n) is 5.11. The van der Waals surface area contributed by atoms with Crippen LogP contribution < -0.4 is 4.72 Å². The van der Waals surface area contributed by atoms with E-state index in [4.69, 9.17) is 0 Å². The highest BCUT2D eigenvalue weighted by molar-refractivity contribution is 7.92. The maximum Gasteiger partial charge on any atom is 0.265 e. The molecule has 8 nitrogen and oxygen atoms in total. The monoisotopic (exact) mass is 400 g/mol. The highest BCUT2D eigenvalue weighted by Gasteiger charge is 2.22. The quantitative estimate of drug-likeness (QED) is 0.686. The standard InChI is InChI=1S/C19H24N6O2S/c1-3-10-25-12-18(14(2)22-25)28(26,27)23-17-7-4-15(5-8-17)16-6-9-19-21-20-13-24(19)11-16/h4-5,7-8,12-13,16,23H,3,6,9-11H2,1-2H3/t16-/m1/s1. The predicted octanol–water partition coefficient (Wildman–Crippen LogP) is 2.72. The van der Waals surface area contributed by atoms with E-state index in [1.165, 1.54) is 5.56 Å². The molecular formula is C19H24N6O2S. The molecule has 1 N–H and O–H groups in total. The number of anilines is 1. The lowest BCUT2D eigenvalue weighted by atomic mass is 9.91. The van der Waals surface area contributed by atoms with Crippen molar-refractivity contribution < 1.29 is 8.42 Å². The Morgan fingerprint density at radius 2 is 2.04 bits per heavy atom. The molecule has 0 spiro atoms. The molecule has 28 heavy (non-hydrogen) atoms. The lowest BCUT2D eigenvalue weighted by molar-refractivity contribution is 0.456. The molecule has 1 atom stereocenters. The van der Waals surface area contributed by atoms with Crippen LogP contribution in [0.3, 0.4) is 0 Å². The Hall–Kier alpha value is -2.68. The van der Waals surface area contributed by atoms with Gasteiger partial charge in [-0.15, -0.1) is 10.2 Å². The molecule has 0 saturated carbocycles. The number of hydrogen-bond acceptors (Lipinski definition) is 5. The summed E-state index contributed by atoms with van der Waals surface area (Å²) < 4.78 is 31.9. The molecule has 9 heteroatoms. The van der Waals surface area contributed by atoms with Gasteiger partial charge < -0.3 is 4.57 Å². The second-order valence-corrected chi connectivity index (χ2v) is 8.86. The Labute approximate surface area is 164 Å². The van der Waals surface area contributed by atoms with Crippen molar-refractivity contribution in [2.75, 3.05) is 4.72 Å². The lowest BCUT2D eigenvalue weighted by Gasteiger charge is -2.23. The predicted molar refractivity (Wildman–Crippen MR) is 106 cm³/mol. The van der Waals surface area contributed by atoms with Crippen LogP contribution in [0.5, 0.6) is 0 Å². The van der Waals surface area contributed by atoms with Gasteiger partial charge in [0.2, 0.25) is 0 Å². The van der Waals surface area contributed by atoms with E-state index in [0.717, 1.165) is 31.6 Å². The summed E-state index contributed by atoms with van der Waals surface area (Å²) in [6, 6.07) is 7.62. The summed E-state index contributed by atoms with van der Waals surface area (Å²) in [6.45, 7) is 5.29. The highest BCUT2D eigenvalue weighted by atomic mass is 32.2. The van der Waals surface area contributed by atoms with Crippen LogP contribution in [-0.2, 0) is 29.5 Å². The molecule has 0 aliphatic carbocycles. The Balaban J connectivity index is 1.48. The number of rotatable bonds is 6. The van der Waals surface area contributed by atoms with E-state index < -0.39 is 10.0 Å². The molecule has 0 bridgehead atoms. The van der Waals surface area contributed by atoms with Crippen molar-refractivity contribution in [3.05, 3.63) is 53.9 Å². The number of aryl methyl sites for hydroxylation is 3. The Morgan fingerprint density at radius 3 is 2.79 bits per heavy atom. The maximum atomic E-state index is 12.8. The fourth-order valence-electron chi connectivity index (χ4n) is 3.67. The number of aromatic nitrogens is 5. The topological polar surface area (TPSA) is 94.7 Å². The summed E-state index contributed by atoms with van der Waals surface area (Å²) in [5.41, 5.74) is 2.24. The summed E-state index contributed by atoms with van der Waals surface area (Å²) in [6.07, 6.45) is 6.17. The molecule has 1 aromatic carbocycles. The lowest BCUT2D eigenvalue weighted by Crippen LogP contribution is -2.18. The number of sulfonamides is 1. The van der Waals surface area contributed by atoms with Crippen LogP contribution in [0.15, 0.2) is 41.7 Å². The van der Waals surface area contributed by atoms with Gasteiger partial charge in [-0.05, 0) is 37.5 Å². The van der Waals surface area contributed by atoms with Crippen LogP contribution in [0.25, 0.3) is 0 Å². The van der Waals surface area contributed by atoms with Gasteiger partial charge in [-0.2, -0.15) is 5.10 Å². The van der Waals surface area contributed by atoms with E-state index in [0.29, 0.717) is 23.8 Å². The van der Waals surface area contributed by atoms with Crippen molar-refractivity contribution in [3.63, 3.8) is 0 Å². The van der Waals surface area contributed by atoms with Gasteiger partial charge in [-0.1, -0.05) is 19.1 Å². The number of nitrogens with one attached hydrogen (secondary N) is 1. The minimum absolute atomic E-state index is 0.220. The van der Waals surface area contributed by atoms with Gasteiger partial charge in [0.15, 0.2) is 0 Å². The van der Waals surface area contributed by atoms with Crippen molar-refractivity contribution >= 4 is 15.7 Å². The van der Waals surface area contributed by atoms with Gasteiger partial charge >= 0.3 is 0 Å². The van der Waals surface area contributed by atoms with E-state index >= 15 is 0 Å². The van der Waals surface area contributed by atoms with Gasteiger partial charge in [0, 0.05) is 37.3 Å². The zero-order valence-electron chi connectivity index (χ0n) is 16.0. The average Bonchev–Trinajstić information content (AvgIpc) is 3.28. The first kappa shape index (κ1) is 18.7. The molecule has 2 aromatic heterocycles. The largest absolute Gasteiger partial charge is 0.317 e. The highest BCUT2D eigenvalue weighted by Crippen LogP contribution is 2.29. The number of hydrogen-bond donors (Lipinski definition) is 1. The molecule has 0 amide bonds. The zero-order chi connectivity index (χ0) is 19.7. The Morgan fingerprint density at radius 1 is 1.25 bits per heavy atom. The first-order chi connectivity index (χ1) is 13.5. The van der Waals surface area contributed by atoms with Crippen molar-refractivity contribution in [3.8, 4) is 0 Å². The molecule has 148 valence electrons. The minimum atomic E-state index is -3.67. The minimum Gasteiger partial charge on any atom is -0.317 e. The summed E-state index contributed by atoms with van der Waals surface area (Å²) in [7, 11) is -3.67. The molecule has 1 aliphatic heterocycles. The van der Waals surface area contributed by atoms with Crippen LogP contribution in [0.2, 0.25) is 0 Å². The van der Waals surface area contributed by atoms with Gasteiger partial charge in [-0.3, -0.25) is 9.40 Å². The van der Waals surface area contributed by atoms with Crippen molar-refractivity contribution in [1.82, 2.24) is 24.5 Å². The molecule has 3 heterocycles. The normalized spacial score (nSPS) is 16.7. The molecular weight excluding hydrogens is 376 g/mol. The van der Waals surface area contributed by atoms with E-state index in [9.17, 15) is 8.42 Å². The van der Waals surface area contributed by atoms with E-state index in [1.54, 1.807) is 24.1 Å². The molecule has 3 aromatic rings. The third-order valence-corrected chi connectivity index (χ3v) is 6.59. The van der Waals surface area contributed by atoms with Crippen molar-refractivity contribution in [2.24, 2.45) is 0 Å². The number of benzene rings is 1. The molecule has 0 saturated heterocycles. The summed E-state index contributed by atoms with van der Waals surface area (Å²) >= 11 is 0. The maximum absolute atomic E-state index is 12.8. The van der Waals surface area contributed by atoms with Gasteiger partial charge in [0.25, 0.3) is 10.0 Å². The summed E-state index contributed by atoms with van der Waals surface area (Å²) in [4.78, 5) is 0.220. The molecule has 1 aliphatic rings. The molecule has 0 fully saturated rings. The van der Waals surface area contributed by atoms with Gasteiger partial charge in [0.05, 0.1) is 5.69 Å². The summed E-state index contributed by atoms with van der Waals surface area (Å²) in [5, 5.41) is 12.4. The smallest absolute Gasteiger partial charge is 0.265 e. The Bertz CT molecular complexity index is 1070. The van der Waals surface area contributed by atoms with Crippen LogP contribution in [-0.4, -0.2) is 33.0 Å². The summed E-state index contributed by atoms with van der Waals surface area (Å²) in [5.74, 6) is 1.41. The van der Waals surface area contributed by atoms with E-state index in [1.807, 2.05) is 31.2 Å². The number of fused-ring (bicyclic) bond motifs is 1. The number of nitrogens with zero attached hydrogens (tertiary/aromatic N) is 5. The van der Waals surface area contributed by atoms with Crippen LogP contribution >= 0.6 is 0 Å². The van der Waals surface area contributed by atoms with Crippen LogP contribution in [0.1, 0.15) is 42.8 Å². The van der Waals surface area contributed by atoms with Crippen molar-refractivity contribution in [1.29, 1.82) is 0 Å².